The van der Waals surface area contributed by atoms with Crippen molar-refractivity contribution in [3.05, 3.63) is 52.2 Å². The van der Waals surface area contributed by atoms with Crippen molar-refractivity contribution in [2.75, 3.05) is 11.4 Å². The summed E-state index contributed by atoms with van der Waals surface area (Å²) in [7, 11) is 0. The number of rotatable bonds is 4. The van der Waals surface area contributed by atoms with Crippen LogP contribution in [-0.2, 0) is 4.79 Å². The van der Waals surface area contributed by atoms with Crippen LogP contribution >= 0.6 is 11.3 Å². The molecule has 1 fully saturated rings. The van der Waals surface area contributed by atoms with Crippen molar-refractivity contribution in [3.63, 3.8) is 0 Å². The van der Waals surface area contributed by atoms with E-state index in [0.29, 0.717) is 12.0 Å². The maximum Gasteiger partial charge on any atom is 0.251 e. The second-order valence-electron chi connectivity index (χ2n) is 7.48. The van der Waals surface area contributed by atoms with E-state index in [-0.39, 0.29) is 23.3 Å². The fraction of sp³-hybridized carbons (Fsp3) is 0.400. The molecule has 0 spiro atoms. The van der Waals surface area contributed by atoms with Crippen LogP contribution in [0.3, 0.4) is 0 Å². The first-order chi connectivity index (χ1) is 11.9. The molecule has 0 saturated carbocycles. The zero-order valence-electron chi connectivity index (χ0n) is 14.9. The molecule has 5 heteroatoms. The minimum Gasteiger partial charge on any atom is -0.344 e. The summed E-state index contributed by atoms with van der Waals surface area (Å²) in [6.07, 6.45) is 1.51. The van der Waals surface area contributed by atoms with Crippen LogP contribution < -0.4 is 10.2 Å². The molecule has 1 atom stereocenters. The molecular formula is C20H24N2O2S. The topological polar surface area (TPSA) is 49.4 Å². The van der Waals surface area contributed by atoms with Gasteiger partial charge in [0.25, 0.3) is 5.91 Å². The number of nitrogens with one attached hydrogen (secondary N) is 1. The minimum absolute atomic E-state index is 0.0418. The Morgan fingerprint density at radius 3 is 2.44 bits per heavy atom. The Kier molecular flexibility index (Phi) is 4.95. The van der Waals surface area contributed by atoms with E-state index in [1.54, 1.807) is 28.4 Å². The summed E-state index contributed by atoms with van der Waals surface area (Å²) < 4.78 is 0. The van der Waals surface area contributed by atoms with Gasteiger partial charge in [-0.25, -0.2) is 0 Å². The molecule has 1 unspecified atom stereocenters. The van der Waals surface area contributed by atoms with Crippen LogP contribution in [0.2, 0.25) is 0 Å². The lowest BCUT2D eigenvalue weighted by molar-refractivity contribution is -0.117. The summed E-state index contributed by atoms with van der Waals surface area (Å²) in [6, 6.07) is 11.3. The van der Waals surface area contributed by atoms with Crippen LogP contribution in [0.5, 0.6) is 0 Å². The predicted molar refractivity (Wildman–Crippen MR) is 102 cm³/mol. The third-order valence-electron chi connectivity index (χ3n) is 4.48. The molecule has 1 N–H and O–H groups in total. The van der Waals surface area contributed by atoms with E-state index in [9.17, 15) is 9.59 Å². The molecule has 0 aliphatic carbocycles. The lowest BCUT2D eigenvalue weighted by Gasteiger charge is -2.30. The van der Waals surface area contributed by atoms with Gasteiger partial charge in [0.15, 0.2) is 0 Å². The van der Waals surface area contributed by atoms with E-state index in [4.69, 9.17) is 0 Å². The third kappa shape index (κ3) is 3.93. The van der Waals surface area contributed by atoms with Gasteiger partial charge in [-0.3, -0.25) is 9.59 Å². The van der Waals surface area contributed by atoms with E-state index in [2.05, 4.69) is 32.2 Å². The molecule has 1 saturated heterocycles. The van der Waals surface area contributed by atoms with Gasteiger partial charge in [-0.2, -0.15) is 0 Å². The Balaban J connectivity index is 1.75. The molecule has 1 aromatic carbocycles. The number of anilines is 1. The summed E-state index contributed by atoms with van der Waals surface area (Å²) in [5.41, 5.74) is 1.40. The van der Waals surface area contributed by atoms with Gasteiger partial charge in [0.1, 0.15) is 0 Å². The third-order valence-corrected chi connectivity index (χ3v) is 5.42. The lowest BCUT2D eigenvalue weighted by Crippen LogP contribution is -2.36. The standard InChI is InChI=1S/C20H24N2O2S/c1-20(2,3)18(16-6-5-13-25-16)21-19(24)14-8-10-15(11-9-14)22-12-4-7-17(22)23/h5-6,8-11,13,18H,4,7,12H2,1-3H3,(H,21,24). The van der Waals surface area contributed by atoms with Gasteiger partial charge in [-0.15, -0.1) is 11.3 Å². The van der Waals surface area contributed by atoms with E-state index < -0.39 is 0 Å². The molecular weight excluding hydrogens is 332 g/mol. The maximum absolute atomic E-state index is 12.7. The van der Waals surface area contributed by atoms with Crippen LogP contribution in [-0.4, -0.2) is 18.4 Å². The maximum atomic E-state index is 12.7. The lowest BCUT2D eigenvalue weighted by atomic mass is 9.85. The molecule has 3 rings (SSSR count). The quantitative estimate of drug-likeness (QED) is 0.883. The number of carbonyl (C=O) groups is 2. The van der Waals surface area contributed by atoms with Gasteiger partial charge in [0.05, 0.1) is 6.04 Å². The Bertz CT molecular complexity index is 745. The summed E-state index contributed by atoms with van der Waals surface area (Å²) >= 11 is 1.66. The highest BCUT2D eigenvalue weighted by molar-refractivity contribution is 7.10. The predicted octanol–water partition coefficient (Wildman–Crippen LogP) is 4.39. The molecule has 2 heterocycles. The Labute approximate surface area is 152 Å². The second-order valence-corrected chi connectivity index (χ2v) is 8.46. The average molecular weight is 356 g/mol. The normalized spacial score (nSPS) is 16.1. The van der Waals surface area contributed by atoms with Crippen molar-refractivity contribution in [1.29, 1.82) is 0 Å². The smallest absolute Gasteiger partial charge is 0.251 e. The highest BCUT2D eigenvalue weighted by Crippen LogP contribution is 2.35. The fourth-order valence-corrected chi connectivity index (χ4v) is 4.12. The summed E-state index contributed by atoms with van der Waals surface area (Å²) in [6.45, 7) is 7.13. The van der Waals surface area contributed by atoms with Crippen molar-refractivity contribution in [2.24, 2.45) is 5.41 Å². The van der Waals surface area contributed by atoms with Crippen molar-refractivity contribution in [2.45, 2.75) is 39.7 Å². The number of hydrogen-bond donors (Lipinski definition) is 1. The first kappa shape index (κ1) is 17.7. The Hall–Kier alpha value is -2.14. The fourth-order valence-electron chi connectivity index (χ4n) is 3.10. The molecule has 1 aliphatic rings. The van der Waals surface area contributed by atoms with E-state index in [1.165, 1.54) is 0 Å². The summed E-state index contributed by atoms with van der Waals surface area (Å²) in [5, 5.41) is 5.19. The molecule has 25 heavy (non-hydrogen) atoms. The molecule has 132 valence electrons. The van der Waals surface area contributed by atoms with Crippen LogP contribution in [0.4, 0.5) is 5.69 Å². The van der Waals surface area contributed by atoms with Gasteiger partial charge in [0.2, 0.25) is 5.91 Å². The molecule has 4 nitrogen and oxygen atoms in total. The first-order valence-corrected chi connectivity index (χ1v) is 9.49. The Morgan fingerprint density at radius 2 is 1.92 bits per heavy atom. The second kappa shape index (κ2) is 7.00. The Morgan fingerprint density at radius 1 is 1.20 bits per heavy atom. The molecule has 0 radical (unpaired) electrons. The van der Waals surface area contributed by atoms with Crippen LogP contribution in [0.25, 0.3) is 0 Å². The molecule has 2 aromatic rings. The number of hydrogen-bond acceptors (Lipinski definition) is 3. The van der Waals surface area contributed by atoms with E-state index >= 15 is 0 Å². The minimum atomic E-state index is -0.0902. The number of thiophene rings is 1. The highest BCUT2D eigenvalue weighted by atomic mass is 32.1. The molecule has 1 aliphatic heterocycles. The van der Waals surface area contributed by atoms with E-state index in [1.807, 2.05) is 23.6 Å². The first-order valence-electron chi connectivity index (χ1n) is 8.61. The van der Waals surface area contributed by atoms with Gasteiger partial charge >= 0.3 is 0 Å². The molecule has 0 bridgehead atoms. The molecule has 2 amide bonds. The average Bonchev–Trinajstić information content (AvgIpc) is 3.23. The van der Waals surface area contributed by atoms with E-state index in [0.717, 1.165) is 23.5 Å². The zero-order valence-corrected chi connectivity index (χ0v) is 15.7. The SMILES string of the molecule is CC(C)(C)C(NC(=O)c1ccc(N2CCCC2=O)cc1)c1cccs1. The van der Waals surface area contributed by atoms with Gasteiger partial charge in [0, 0.05) is 29.1 Å². The van der Waals surface area contributed by atoms with Crippen molar-refractivity contribution in [3.8, 4) is 0 Å². The van der Waals surface area contributed by atoms with Crippen molar-refractivity contribution >= 4 is 28.8 Å². The van der Waals surface area contributed by atoms with Crippen molar-refractivity contribution < 1.29 is 9.59 Å². The summed E-state index contributed by atoms with van der Waals surface area (Å²) in [4.78, 5) is 27.5. The number of carbonyl (C=O) groups excluding carboxylic acids is 2. The zero-order chi connectivity index (χ0) is 18.0. The summed E-state index contributed by atoms with van der Waals surface area (Å²) in [5.74, 6) is 0.0651. The highest BCUT2D eigenvalue weighted by Gasteiger charge is 2.29. The number of nitrogens with zero attached hydrogens (tertiary/aromatic N) is 1. The van der Waals surface area contributed by atoms with Gasteiger partial charge < -0.3 is 10.2 Å². The monoisotopic (exact) mass is 356 g/mol. The van der Waals surface area contributed by atoms with Crippen LogP contribution in [0.1, 0.15) is 54.9 Å². The van der Waals surface area contributed by atoms with Gasteiger partial charge in [-0.1, -0.05) is 26.8 Å². The number of benzene rings is 1. The van der Waals surface area contributed by atoms with Crippen molar-refractivity contribution in [1.82, 2.24) is 5.32 Å². The number of amides is 2. The van der Waals surface area contributed by atoms with Crippen LogP contribution in [0.15, 0.2) is 41.8 Å². The van der Waals surface area contributed by atoms with Gasteiger partial charge in [-0.05, 0) is 47.5 Å². The molecule has 1 aromatic heterocycles. The largest absolute Gasteiger partial charge is 0.344 e. The van der Waals surface area contributed by atoms with Crippen LogP contribution in [0, 0.1) is 5.41 Å².